The van der Waals surface area contributed by atoms with E-state index in [-0.39, 0.29) is 15.4 Å². The fourth-order valence-corrected chi connectivity index (χ4v) is 0. The average Bonchev–Trinajstić information content (AvgIpc) is 1.00. The van der Waals surface area contributed by atoms with Crippen molar-refractivity contribution in [3.63, 3.8) is 0 Å². The molecule has 0 aromatic carbocycles. The fraction of sp³-hybridized carbons (Fsp3) is 1.00. The first-order chi connectivity index (χ1) is 1.00. The second-order valence-electron chi connectivity index (χ2n) is 0. The first-order valence-electron chi connectivity index (χ1n) is 0.577. The van der Waals surface area contributed by atoms with Crippen LogP contribution in [0, 0.1) is 0 Å². The highest BCUT2D eigenvalue weighted by Gasteiger charge is 0.999. The van der Waals surface area contributed by atoms with E-state index in [1.165, 1.54) is 0 Å². The summed E-state index contributed by atoms with van der Waals surface area (Å²) in [4.78, 5) is 0. The fourth-order valence-electron chi connectivity index (χ4n) is 0. The van der Waals surface area contributed by atoms with Gasteiger partial charge in [-0.1, -0.05) is 0 Å². The van der Waals surface area contributed by atoms with Crippen molar-refractivity contribution in [1.29, 1.82) is 0 Å². The van der Waals surface area contributed by atoms with Crippen molar-refractivity contribution in [1.82, 2.24) is 0 Å². The van der Waals surface area contributed by atoms with E-state index in [0.717, 1.165) is 0 Å². The predicted octanol–water partition coefficient (Wildman–Crippen LogP) is -0.564. The van der Waals surface area contributed by atoms with Gasteiger partial charge in [0.1, 0.15) is 16.3 Å². The van der Waals surface area contributed by atoms with Gasteiger partial charge in [-0.3, -0.25) is 0 Å². The monoisotopic (exact) mass is 94.0 g/mol. The third-order valence-electron chi connectivity index (χ3n) is 0. The first-order valence-corrected chi connectivity index (χ1v) is 1.73. The molecule has 0 spiro atoms. The Labute approximate surface area is 38.1 Å². The lowest BCUT2D eigenvalue weighted by molar-refractivity contribution is 0.824. The summed E-state index contributed by atoms with van der Waals surface area (Å²) in [6.07, 6.45) is 0. The lowest BCUT2D eigenvalue weighted by Gasteiger charge is -1.02. The van der Waals surface area contributed by atoms with E-state index in [0.29, 0.717) is 0 Å². The Morgan fingerprint density at radius 2 is 1.25 bits per heavy atom. The third-order valence-corrected chi connectivity index (χ3v) is 0. The maximum absolute atomic E-state index is 2.42. The van der Waals surface area contributed by atoms with Crippen LogP contribution < -0.4 is 0 Å². The van der Waals surface area contributed by atoms with Gasteiger partial charge in [-0.25, -0.2) is 0 Å². The lowest BCUT2D eigenvalue weighted by atomic mass is 11.9. The Hall–Kier alpha value is 0.922. The van der Waals surface area contributed by atoms with Crippen molar-refractivity contribution < 1.29 is 5.48 Å². The van der Waals surface area contributed by atoms with Gasteiger partial charge in [0.2, 0.25) is 0 Å². The highest BCUT2D eigenvalue weighted by Crippen LogP contribution is 0.960. The zero-order valence-electron chi connectivity index (χ0n) is 2.78. The van der Waals surface area contributed by atoms with E-state index in [2.05, 4.69) is 16.3 Å². The molecule has 1 nitrogen and oxygen atoms in total. The van der Waals surface area contributed by atoms with E-state index in [1.54, 1.807) is 0 Å². The molecule has 0 aliphatic heterocycles. The highest BCUT2D eigenvalue weighted by molar-refractivity contribution is 6.92. The van der Waals surface area contributed by atoms with E-state index in [1.807, 2.05) is 5.79 Å². The minimum atomic E-state index is 0. The topological polar surface area (TPSA) is 31.5 Å². The van der Waals surface area contributed by atoms with Crippen LogP contribution >= 0.6 is 9.90 Å². The van der Waals surface area contributed by atoms with Crippen LogP contribution in [-0.4, -0.2) is 21.8 Å². The zero-order valence-corrected chi connectivity index (χ0v) is 5.35. The van der Waals surface area contributed by atoms with Crippen molar-refractivity contribution >= 4 is 26.2 Å². The van der Waals surface area contributed by atoms with Gasteiger partial charge < -0.3 is 5.48 Å². The summed E-state index contributed by atoms with van der Waals surface area (Å²) >= 11 is 2.42. The van der Waals surface area contributed by atoms with Crippen LogP contribution in [0.1, 0.15) is 0 Å². The second kappa shape index (κ2) is 39.4. The largest absolute Gasteiger partial charge is 0.412 e. The van der Waals surface area contributed by atoms with Crippen molar-refractivity contribution in [2.45, 2.75) is 5.79 Å². The van der Waals surface area contributed by atoms with Crippen LogP contribution in [0.4, 0.5) is 0 Å². The molecule has 0 aliphatic carbocycles. The normalized spacial score (nSPS) is 1.25. The Kier molecular flexibility index (Phi) is 202. The molecule has 26 valence electrons. The molecule has 0 saturated heterocycles. The molecular weight excluding hydrogens is 86.0 g/mol. The molecule has 2 N–H and O–H groups in total. The second-order valence-corrected chi connectivity index (χ2v) is 0. The molecule has 0 heterocycles. The first kappa shape index (κ1) is 20.5. The summed E-state index contributed by atoms with van der Waals surface area (Å²) < 4.78 is 0. The molecular formula is CH8AlOP. The molecule has 2 radical (unpaired) electrons. The van der Waals surface area contributed by atoms with Crippen molar-refractivity contribution in [3.05, 3.63) is 0 Å². The Balaban J connectivity index is -0.00000000500. The summed E-state index contributed by atoms with van der Waals surface area (Å²) in [7, 11) is 0. The number of hydrogen-bond donors (Lipinski definition) is 0. The van der Waals surface area contributed by atoms with Crippen molar-refractivity contribution in [3.8, 4) is 0 Å². The standard InChI is InChI=1S/CH3.Al.H2O.H3P/h1H3;;1H2;1H3. The minimum Gasteiger partial charge on any atom is -0.412 e. The minimum absolute atomic E-state index is 0. The van der Waals surface area contributed by atoms with Gasteiger partial charge in [0, 0.05) is 0 Å². The summed E-state index contributed by atoms with van der Waals surface area (Å²) in [6.45, 7) is 0. The molecule has 0 aromatic heterocycles. The van der Waals surface area contributed by atoms with Gasteiger partial charge >= 0.3 is 0 Å². The number of hydrogen-bond acceptors (Lipinski definition) is 0. The molecule has 0 amide bonds. The molecule has 0 rings (SSSR count). The van der Waals surface area contributed by atoms with Gasteiger partial charge in [0.15, 0.2) is 0 Å². The predicted molar refractivity (Wildman–Crippen MR) is 26.3 cm³/mol. The molecule has 0 bridgehead atoms. The van der Waals surface area contributed by atoms with Gasteiger partial charge in [0.05, 0.1) is 0 Å². The molecule has 1 unspecified atom stereocenters. The Bertz CT molecular complexity index is 8.00. The average molecular weight is 94.0 g/mol. The van der Waals surface area contributed by atoms with Crippen LogP contribution in [0.2, 0.25) is 5.79 Å². The Morgan fingerprint density at radius 1 is 1.25 bits per heavy atom. The van der Waals surface area contributed by atoms with Gasteiger partial charge in [-0.2, -0.15) is 9.90 Å². The summed E-state index contributed by atoms with van der Waals surface area (Å²) in [5.74, 6) is 1.92. The lowest BCUT2D eigenvalue weighted by Crippen LogP contribution is -1.13. The van der Waals surface area contributed by atoms with Crippen LogP contribution in [0.3, 0.4) is 0 Å². The SMILES string of the molecule is O.P.[CH3][Al]. The van der Waals surface area contributed by atoms with Crippen molar-refractivity contribution in [2.24, 2.45) is 0 Å². The van der Waals surface area contributed by atoms with E-state index < -0.39 is 0 Å². The summed E-state index contributed by atoms with van der Waals surface area (Å²) in [5, 5.41) is 0. The Morgan fingerprint density at radius 3 is 1.25 bits per heavy atom. The van der Waals surface area contributed by atoms with Crippen LogP contribution in [0.25, 0.3) is 0 Å². The smallest absolute Gasteiger partial charge is 0.112 e. The molecule has 0 fully saturated rings. The summed E-state index contributed by atoms with van der Waals surface area (Å²) in [5.41, 5.74) is 0. The highest BCUT2D eigenvalue weighted by atomic mass is 31.0. The molecule has 0 aromatic rings. The van der Waals surface area contributed by atoms with E-state index >= 15 is 0 Å². The van der Waals surface area contributed by atoms with E-state index in [4.69, 9.17) is 0 Å². The van der Waals surface area contributed by atoms with Gasteiger partial charge in [-0.15, -0.1) is 5.79 Å². The van der Waals surface area contributed by atoms with Crippen LogP contribution in [0.5, 0.6) is 0 Å². The third kappa shape index (κ3) is 12.7. The molecule has 4 heavy (non-hydrogen) atoms. The number of rotatable bonds is 0. The van der Waals surface area contributed by atoms with Crippen molar-refractivity contribution in [2.75, 3.05) is 0 Å². The summed E-state index contributed by atoms with van der Waals surface area (Å²) in [6, 6.07) is 0. The van der Waals surface area contributed by atoms with Crippen LogP contribution in [0.15, 0.2) is 0 Å². The zero-order chi connectivity index (χ0) is 2.00. The van der Waals surface area contributed by atoms with E-state index in [9.17, 15) is 0 Å². The molecule has 3 heteroatoms. The molecule has 0 aliphatic rings. The quantitative estimate of drug-likeness (QED) is 0.284. The van der Waals surface area contributed by atoms with Gasteiger partial charge in [0.25, 0.3) is 0 Å². The maximum Gasteiger partial charge on any atom is 0.112 e. The maximum atomic E-state index is 2.42. The van der Waals surface area contributed by atoms with Gasteiger partial charge in [-0.05, 0) is 0 Å². The molecule has 0 saturated carbocycles. The van der Waals surface area contributed by atoms with Crippen LogP contribution in [-0.2, 0) is 0 Å². The molecule has 1 atom stereocenters.